The van der Waals surface area contributed by atoms with Crippen molar-refractivity contribution in [1.82, 2.24) is 15.6 Å². The van der Waals surface area contributed by atoms with Gasteiger partial charge in [-0.2, -0.15) is 11.8 Å². The molecular formula is C16H24N4OS2. The Morgan fingerprint density at radius 2 is 2.17 bits per heavy atom. The van der Waals surface area contributed by atoms with Gasteiger partial charge in [0.1, 0.15) is 5.76 Å². The lowest BCUT2D eigenvalue weighted by Crippen LogP contribution is -2.39. The average molecular weight is 353 g/mol. The number of aliphatic imine (C=N–C) groups is 1. The van der Waals surface area contributed by atoms with Gasteiger partial charge in [-0.05, 0) is 25.3 Å². The van der Waals surface area contributed by atoms with E-state index in [1.807, 2.05) is 18.3 Å². The van der Waals surface area contributed by atoms with Gasteiger partial charge in [-0.15, -0.1) is 11.3 Å². The van der Waals surface area contributed by atoms with Gasteiger partial charge in [0.15, 0.2) is 5.96 Å². The summed E-state index contributed by atoms with van der Waals surface area (Å²) >= 11 is 3.55. The van der Waals surface area contributed by atoms with E-state index >= 15 is 0 Å². The maximum atomic E-state index is 5.34. The maximum Gasteiger partial charge on any atom is 0.191 e. The van der Waals surface area contributed by atoms with Crippen LogP contribution >= 0.6 is 23.1 Å². The van der Waals surface area contributed by atoms with E-state index in [1.54, 1.807) is 29.4 Å². The van der Waals surface area contributed by atoms with Gasteiger partial charge in [0.25, 0.3) is 0 Å². The van der Waals surface area contributed by atoms with Crippen LogP contribution in [0.2, 0.25) is 0 Å². The van der Waals surface area contributed by atoms with Crippen LogP contribution in [0.5, 0.6) is 0 Å². The van der Waals surface area contributed by atoms with E-state index in [0.717, 1.165) is 55.0 Å². The molecular weight excluding hydrogens is 328 g/mol. The van der Waals surface area contributed by atoms with Gasteiger partial charge < -0.3 is 15.1 Å². The van der Waals surface area contributed by atoms with E-state index in [2.05, 4.69) is 33.8 Å². The van der Waals surface area contributed by atoms with Gasteiger partial charge in [0, 0.05) is 42.8 Å². The molecule has 0 amide bonds. The van der Waals surface area contributed by atoms with Crippen LogP contribution in [0.25, 0.3) is 0 Å². The van der Waals surface area contributed by atoms with Crippen molar-refractivity contribution < 1.29 is 4.42 Å². The fourth-order valence-corrected chi connectivity index (χ4v) is 3.05. The number of nitrogens with one attached hydrogen (secondary N) is 2. The van der Waals surface area contributed by atoms with Gasteiger partial charge in [-0.3, -0.25) is 4.99 Å². The Balaban J connectivity index is 1.74. The van der Waals surface area contributed by atoms with Crippen LogP contribution in [-0.4, -0.2) is 42.6 Å². The summed E-state index contributed by atoms with van der Waals surface area (Å²) in [5.41, 5.74) is 0. The van der Waals surface area contributed by atoms with Crippen molar-refractivity contribution in [2.75, 3.05) is 31.6 Å². The molecule has 0 aliphatic carbocycles. The SMILES string of the molecule is CSCCN=C(NCCc1ccco1)NCCc1ncc(C)s1. The Morgan fingerprint density at radius 1 is 1.35 bits per heavy atom. The van der Waals surface area contributed by atoms with Gasteiger partial charge >= 0.3 is 0 Å². The van der Waals surface area contributed by atoms with Crippen LogP contribution in [0.4, 0.5) is 0 Å². The molecule has 0 saturated heterocycles. The largest absolute Gasteiger partial charge is 0.469 e. The molecule has 0 saturated carbocycles. The zero-order chi connectivity index (χ0) is 16.3. The summed E-state index contributed by atoms with van der Waals surface area (Å²) in [4.78, 5) is 10.2. The fraction of sp³-hybridized carbons (Fsp3) is 0.500. The van der Waals surface area contributed by atoms with Gasteiger partial charge in [-0.1, -0.05) is 0 Å². The Bertz CT molecular complexity index is 581. The minimum Gasteiger partial charge on any atom is -0.469 e. The van der Waals surface area contributed by atoms with Crippen molar-refractivity contribution in [2.45, 2.75) is 19.8 Å². The number of thioether (sulfide) groups is 1. The molecule has 126 valence electrons. The number of guanidine groups is 1. The number of thiazole rings is 1. The van der Waals surface area contributed by atoms with E-state index in [1.165, 1.54) is 4.88 Å². The molecule has 0 fully saturated rings. The molecule has 0 radical (unpaired) electrons. The van der Waals surface area contributed by atoms with E-state index in [9.17, 15) is 0 Å². The Labute approximate surface area is 146 Å². The summed E-state index contributed by atoms with van der Waals surface area (Å²) in [6.07, 6.45) is 7.49. The van der Waals surface area contributed by atoms with Gasteiger partial charge in [0.05, 0.1) is 17.8 Å². The monoisotopic (exact) mass is 352 g/mol. The van der Waals surface area contributed by atoms with Crippen LogP contribution in [-0.2, 0) is 12.8 Å². The molecule has 0 bridgehead atoms. The zero-order valence-corrected chi connectivity index (χ0v) is 15.3. The quantitative estimate of drug-likeness (QED) is 0.413. The predicted octanol–water partition coefficient (Wildman–Crippen LogP) is 2.73. The lowest BCUT2D eigenvalue weighted by atomic mass is 10.3. The van der Waals surface area contributed by atoms with Crippen LogP contribution in [0.3, 0.4) is 0 Å². The number of nitrogens with zero attached hydrogens (tertiary/aromatic N) is 2. The topological polar surface area (TPSA) is 62.5 Å². The highest BCUT2D eigenvalue weighted by Gasteiger charge is 2.02. The first-order valence-corrected chi connectivity index (χ1v) is 9.94. The molecule has 23 heavy (non-hydrogen) atoms. The van der Waals surface area contributed by atoms with Crippen molar-refractivity contribution in [2.24, 2.45) is 4.99 Å². The molecule has 0 aliphatic heterocycles. The fourth-order valence-electron chi connectivity index (χ4n) is 1.99. The first-order chi connectivity index (χ1) is 11.3. The Kier molecular flexibility index (Phi) is 8.03. The van der Waals surface area contributed by atoms with E-state index in [4.69, 9.17) is 4.42 Å². The zero-order valence-electron chi connectivity index (χ0n) is 13.7. The molecule has 0 aromatic carbocycles. The average Bonchev–Trinajstić information content (AvgIpc) is 3.19. The molecule has 0 unspecified atom stereocenters. The highest BCUT2D eigenvalue weighted by atomic mass is 32.2. The molecule has 0 aliphatic rings. The minimum atomic E-state index is 0.801. The normalized spacial score (nSPS) is 11.7. The molecule has 2 N–H and O–H groups in total. The van der Waals surface area contributed by atoms with E-state index < -0.39 is 0 Å². The summed E-state index contributed by atoms with van der Waals surface area (Å²) in [7, 11) is 0. The van der Waals surface area contributed by atoms with Crippen LogP contribution in [0.1, 0.15) is 15.6 Å². The van der Waals surface area contributed by atoms with Crippen molar-refractivity contribution in [3.8, 4) is 0 Å². The second-order valence-electron chi connectivity index (χ2n) is 5.02. The van der Waals surface area contributed by atoms with Crippen molar-refractivity contribution in [1.29, 1.82) is 0 Å². The molecule has 0 atom stereocenters. The summed E-state index contributed by atoms with van der Waals surface area (Å²) < 4.78 is 5.34. The molecule has 5 nitrogen and oxygen atoms in total. The number of aryl methyl sites for hydroxylation is 1. The number of aromatic nitrogens is 1. The highest BCUT2D eigenvalue weighted by molar-refractivity contribution is 7.98. The maximum absolute atomic E-state index is 5.34. The number of furan rings is 1. The minimum absolute atomic E-state index is 0.801. The third-order valence-electron chi connectivity index (χ3n) is 3.11. The number of hydrogen-bond donors (Lipinski definition) is 2. The van der Waals surface area contributed by atoms with Crippen LogP contribution in [0.15, 0.2) is 34.0 Å². The Morgan fingerprint density at radius 3 is 2.83 bits per heavy atom. The van der Waals surface area contributed by atoms with Gasteiger partial charge in [-0.25, -0.2) is 4.98 Å². The van der Waals surface area contributed by atoms with Crippen LogP contribution in [0, 0.1) is 6.92 Å². The lowest BCUT2D eigenvalue weighted by Gasteiger charge is -2.11. The molecule has 2 aromatic rings. The molecule has 0 spiro atoms. The number of hydrogen-bond acceptors (Lipinski definition) is 5. The van der Waals surface area contributed by atoms with Crippen molar-refractivity contribution in [3.05, 3.63) is 40.2 Å². The molecule has 2 aromatic heterocycles. The number of rotatable bonds is 9. The lowest BCUT2D eigenvalue weighted by molar-refractivity contribution is 0.507. The van der Waals surface area contributed by atoms with Crippen molar-refractivity contribution in [3.63, 3.8) is 0 Å². The molecule has 2 rings (SSSR count). The highest BCUT2D eigenvalue weighted by Crippen LogP contribution is 2.10. The first kappa shape index (κ1) is 17.9. The van der Waals surface area contributed by atoms with E-state index in [0.29, 0.717) is 0 Å². The molecule has 2 heterocycles. The van der Waals surface area contributed by atoms with Crippen molar-refractivity contribution >= 4 is 29.1 Å². The predicted molar refractivity (Wildman–Crippen MR) is 99.7 cm³/mol. The summed E-state index contributed by atoms with van der Waals surface area (Å²) in [5, 5.41) is 7.90. The summed E-state index contributed by atoms with van der Waals surface area (Å²) in [6, 6.07) is 3.90. The van der Waals surface area contributed by atoms with Gasteiger partial charge in [0.2, 0.25) is 0 Å². The first-order valence-electron chi connectivity index (χ1n) is 7.72. The second kappa shape index (κ2) is 10.3. The standard InChI is InChI=1S/C16H24N4OS2/c1-13-12-20-15(23-13)6-8-18-16(19-9-11-22-2)17-7-5-14-4-3-10-21-14/h3-4,10,12H,5-9,11H2,1-2H3,(H2,17,18,19). The van der Waals surface area contributed by atoms with Crippen LogP contribution < -0.4 is 10.6 Å². The third kappa shape index (κ3) is 7.09. The third-order valence-corrected chi connectivity index (χ3v) is 4.67. The second-order valence-corrected chi connectivity index (χ2v) is 7.33. The summed E-state index contributed by atoms with van der Waals surface area (Å²) in [5.74, 6) is 2.87. The molecule has 7 heteroatoms. The smallest absolute Gasteiger partial charge is 0.191 e. The van der Waals surface area contributed by atoms with E-state index in [-0.39, 0.29) is 0 Å². The summed E-state index contributed by atoms with van der Waals surface area (Å²) in [6.45, 7) is 4.53. The Hall–Kier alpha value is -1.47.